The van der Waals surface area contributed by atoms with Gasteiger partial charge in [0.05, 0.1) is 6.54 Å². The molecule has 1 aliphatic heterocycles. The van der Waals surface area contributed by atoms with Crippen LogP contribution in [0.25, 0.3) is 10.8 Å². The van der Waals surface area contributed by atoms with Crippen LogP contribution >= 0.6 is 0 Å². The van der Waals surface area contributed by atoms with Crippen molar-refractivity contribution in [3.8, 4) is 0 Å². The molecule has 1 atom stereocenters. The number of anilines is 1. The average Bonchev–Trinajstić information content (AvgIpc) is 2.77. The fraction of sp³-hybridized carbons (Fsp3) is 0.148. The molecular formula is C27H22FNO. The van der Waals surface area contributed by atoms with Gasteiger partial charge in [-0.25, -0.2) is 4.39 Å². The van der Waals surface area contributed by atoms with Crippen molar-refractivity contribution in [2.45, 2.75) is 25.8 Å². The van der Waals surface area contributed by atoms with Gasteiger partial charge in [0.15, 0.2) is 0 Å². The van der Waals surface area contributed by atoms with Gasteiger partial charge in [-0.2, -0.15) is 0 Å². The fourth-order valence-electron chi connectivity index (χ4n) is 4.62. The van der Waals surface area contributed by atoms with Crippen LogP contribution in [-0.2, 0) is 11.3 Å². The van der Waals surface area contributed by atoms with E-state index in [1.807, 2.05) is 36.4 Å². The highest BCUT2D eigenvalue weighted by Crippen LogP contribution is 2.45. The Morgan fingerprint density at radius 1 is 0.900 bits per heavy atom. The summed E-state index contributed by atoms with van der Waals surface area (Å²) in [4.78, 5) is 15.1. The smallest absolute Gasteiger partial charge is 0.228 e. The Hall–Kier alpha value is -3.46. The Morgan fingerprint density at radius 2 is 1.63 bits per heavy atom. The summed E-state index contributed by atoms with van der Waals surface area (Å²) >= 11 is 0. The molecule has 0 bridgehead atoms. The van der Waals surface area contributed by atoms with Gasteiger partial charge in [-0.05, 0) is 46.5 Å². The molecule has 2 nitrogen and oxygen atoms in total. The molecule has 5 rings (SSSR count). The van der Waals surface area contributed by atoms with E-state index < -0.39 is 0 Å². The van der Waals surface area contributed by atoms with Gasteiger partial charge in [-0.15, -0.1) is 0 Å². The maximum atomic E-state index is 14.4. The number of hydrogen-bond acceptors (Lipinski definition) is 1. The molecule has 1 heterocycles. The van der Waals surface area contributed by atoms with Gasteiger partial charge in [0.2, 0.25) is 5.91 Å². The van der Waals surface area contributed by atoms with E-state index in [9.17, 15) is 9.18 Å². The molecule has 0 fully saturated rings. The number of aryl methyl sites for hydroxylation is 1. The summed E-state index contributed by atoms with van der Waals surface area (Å²) in [5.74, 6) is -0.278. The number of amides is 1. The Morgan fingerprint density at radius 3 is 2.47 bits per heavy atom. The molecule has 4 aromatic carbocycles. The van der Waals surface area contributed by atoms with Crippen LogP contribution in [0, 0.1) is 12.7 Å². The lowest BCUT2D eigenvalue weighted by Gasteiger charge is -2.36. The summed E-state index contributed by atoms with van der Waals surface area (Å²) < 4.78 is 14.4. The van der Waals surface area contributed by atoms with E-state index in [-0.39, 0.29) is 24.2 Å². The van der Waals surface area contributed by atoms with Gasteiger partial charge < -0.3 is 4.90 Å². The molecule has 0 aliphatic carbocycles. The maximum absolute atomic E-state index is 14.4. The molecule has 30 heavy (non-hydrogen) atoms. The Bertz CT molecular complexity index is 1260. The summed E-state index contributed by atoms with van der Waals surface area (Å²) in [6, 6.07) is 27.3. The van der Waals surface area contributed by atoms with E-state index in [2.05, 4.69) is 37.3 Å². The number of fused-ring (bicyclic) bond motifs is 3. The predicted molar refractivity (Wildman–Crippen MR) is 119 cm³/mol. The minimum Gasteiger partial charge on any atom is -0.308 e. The van der Waals surface area contributed by atoms with Crippen LogP contribution in [0.15, 0.2) is 84.9 Å². The van der Waals surface area contributed by atoms with Crippen LogP contribution in [0.3, 0.4) is 0 Å². The van der Waals surface area contributed by atoms with E-state index in [4.69, 9.17) is 0 Å². The topological polar surface area (TPSA) is 20.3 Å². The van der Waals surface area contributed by atoms with Crippen LogP contribution in [-0.4, -0.2) is 5.91 Å². The summed E-state index contributed by atoms with van der Waals surface area (Å²) in [5.41, 5.74) is 4.91. The quantitative estimate of drug-likeness (QED) is 0.395. The van der Waals surface area contributed by atoms with Crippen molar-refractivity contribution in [2.24, 2.45) is 0 Å². The molecular weight excluding hydrogens is 373 g/mol. The summed E-state index contributed by atoms with van der Waals surface area (Å²) in [7, 11) is 0. The molecule has 0 spiro atoms. The van der Waals surface area contributed by atoms with Crippen molar-refractivity contribution >= 4 is 22.4 Å². The van der Waals surface area contributed by atoms with Crippen LogP contribution < -0.4 is 4.90 Å². The molecule has 0 aromatic heterocycles. The van der Waals surface area contributed by atoms with E-state index in [0.717, 1.165) is 22.0 Å². The summed E-state index contributed by atoms with van der Waals surface area (Å²) in [6.45, 7) is 2.33. The molecule has 0 saturated heterocycles. The van der Waals surface area contributed by atoms with E-state index in [1.165, 1.54) is 17.2 Å². The van der Waals surface area contributed by atoms with Gasteiger partial charge in [0.25, 0.3) is 0 Å². The minimum absolute atomic E-state index is 0.0170. The van der Waals surface area contributed by atoms with Crippen molar-refractivity contribution < 1.29 is 9.18 Å². The third-order valence-electron chi connectivity index (χ3n) is 6.12. The van der Waals surface area contributed by atoms with Crippen molar-refractivity contribution in [2.75, 3.05) is 4.90 Å². The number of halogens is 1. The molecule has 0 saturated carbocycles. The van der Waals surface area contributed by atoms with Gasteiger partial charge >= 0.3 is 0 Å². The third-order valence-corrected chi connectivity index (χ3v) is 6.12. The number of hydrogen-bond donors (Lipinski definition) is 0. The lowest BCUT2D eigenvalue weighted by molar-refractivity contribution is -0.119. The SMILES string of the molecule is Cc1ccccc1C1CC(=O)N(Cc2ccccc2F)c2ccc3ccccc3c21. The van der Waals surface area contributed by atoms with Gasteiger partial charge in [0.1, 0.15) is 5.82 Å². The van der Waals surface area contributed by atoms with E-state index in [0.29, 0.717) is 12.0 Å². The highest BCUT2D eigenvalue weighted by atomic mass is 19.1. The highest BCUT2D eigenvalue weighted by Gasteiger charge is 2.34. The second-order valence-corrected chi connectivity index (χ2v) is 7.90. The first-order valence-corrected chi connectivity index (χ1v) is 10.2. The predicted octanol–water partition coefficient (Wildman–Crippen LogP) is 6.36. The second-order valence-electron chi connectivity index (χ2n) is 7.90. The second kappa shape index (κ2) is 7.42. The molecule has 1 unspecified atom stereocenters. The molecule has 1 amide bonds. The standard InChI is InChI=1S/C27H22FNO/c1-18-8-2-5-11-21(18)23-16-26(30)29(17-20-10-4-7-13-24(20)28)25-15-14-19-9-3-6-12-22(19)27(23)25/h2-15,23H,16-17H2,1H3. The maximum Gasteiger partial charge on any atom is 0.228 e. The minimum atomic E-state index is -0.284. The number of carbonyl (C=O) groups is 1. The van der Waals surface area contributed by atoms with Crippen molar-refractivity contribution in [1.82, 2.24) is 0 Å². The number of carbonyl (C=O) groups excluding carboxylic acids is 1. The Labute approximate surface area is 175 Å². The number of rotatable bonds is 3. The van der Waals surface area contributed by atoms with E-state index in [1.54, 1.807) is 17.0 Å². The molecule has 1 aliphatic rings. The zero-order valence-electron chi connectivity index (χ0n) is 16.8. The largest absolute Gasteiger partial charge is 0.308 e. The first kappa shape index (κ1) is 18.6. The summed E-state index contributed by atoms with van der Waals surface area (Å²) in [5, 5.41) is 2.30. The van der Waals surface area contributed by atoms with Crippen molar-refractivity contribution in [3.63, 3.8) is 0 Å². The number of benzene rings is 4. The third kappa shape index (κ3) is 3.07. The first-order valence-electron chi connectivity index (χ1n) is 10.2. The van der Waals surface area contributed by atoms with Crippen LogP contribution in [0.4, 0.5) is 10.1 Å². The fourth-order valence-corrected chi connectivity index (χ4v) is 4.62. The molecule has 0 N–H and O–H groups in total. The lowest BCUT2D eigenvalue weighted by atomic mass is 9.79. The van der Waals surface area contributed by atoms with Crippen molar-refractivity contribution in [1.29, 1.82) is 0 Å². The van der Waals surface area contributed by atoms with Gasteiger partial charge in [-0.3, -0.25) is 4.79 Å². The van der Waals surface area contributed by atoms with E-state index >= 15 is 0 Å². The number of nitrogens with zero attached hydrogens (tertiary/aromatic N) is 1. The zero-order chi connectivity index (χ0) is 20.7. The van der Waals surface area contributed by atoms with Crippen LogP contribution in [0.2, 0.25) is 0 Å². The monoisotopic (exact) mass is 395 g/mol. The van der Waals surface area contributed by atoms with Gasteiger partial charge in [-0.1, -0.05) is 72.8 Å². The summed E-state index contributed by atoms with van der Waals surface area (Å²) in [6.07, 6.45) is 0.375. The van der Waals surface area contributed by atoms with Crippen molar-refractivity contribution in [3.05, 3.63) is 113 Å². The zero-order valence-corrected chi connectivity index (χ0v) is 16.8. The van der Waals surface area contributed by atoms with Crippen LogP contribution in [0.5, 0.6) is 0 Å². The van der Waals surface area contributed by atoms with Gasteiger partial charge in [0, 0.05) is 23.6 Å². The molecule has 3 heteroatoms. The Kier molecular flexibility index (Phi) is 4.59. The first-order chi connectivity index (χ1) is 14.6. The molecule has 148 valence electrons. The lowest BCUT2D eigenvalue weighted by Crippen LogP contribution is -2.37. The molecule has 4 aromatic rings. The normalized spacial score (nSPS) is 16.0. The Balaban J connectivity index is 1.71. The van der Waals surface area contributed by atoms with Crippen LogP contribution in [0.1, 0.15) is 34.6 Å². The average molecular weight is 395 g/mol. The highest BCUT2D eigenvalue weighted by molar-refractivity contribution is 6.03. The molecule has 0 radical (unpaired) electrons.